The molecule has 1 saturated heterocycles. The summed E-state index contributed by atoms with van der Waals surface area (Å²) in [5.74, 6) is -3.51. The first kappa shape index (κ1) is 19.8. The van der Waals surface area contributed by atoms with Crippen molar-refractivity contribution < 1.29 is 37.1 Å². The van der Waals surface area contributed by atoms with Gasteiger partial charge in [-0.25, -0.2) is 9.18 Å². The van der Waals surface area contributed by atoms with Gasteiger partial charge in [-0.05, 0) is 38.1 Å². The summed E-state index contributed by atoms with van der Waals surface area (Å²) in [4.78, 5) is 34.2. The summed E-state index contributed by atoms with van der Waals surface area (Å²) >= 11 is 0. The van der Waals surface area contributed by atoms with E-state index < -0.39 is 17.8 Å². The third-order valence-electron chi connectivity index (χ3n) is 4.06. The van der Waals surface area contributed by atoms with Gasteiger partial charge in [-0.1, -0.05) is 12.1 Å². The molecule has 1 aromatic rings. The second kappa shape index (κ2) is 7.40. The van der Waals surface area contributed by atoms with Crippen molar-refractivity contribution in [3.63, 3.8) is 0 Å². The number of hydrogen-bond donors (Lipinski definition) is 2. The van der Waals surface area contributed by atoms with Crippen molar-refractivity contribution in [3.05, 3.63) is 35.4 Å². The highest BCUT2D eigenvalue weighted by molar-refractivity contribution is 6.21. The largest absolute Gasteiger partial charge is 0.490 e. The van der Waals surface area contributed by atoms with Crippen LogP contribution in [0, 0.1) is 0 Å². The van der Waals surface area contributed by atoms with Crippen LogP contribution in [-0.2, 0) is 4.79 Å². The van der Waals surface area contributed by atoms with Crippen molar-refractivity contribution in [2.75, 3.05) is 19.6 Å². The summed E-state index contributed by atoms with van der Waals surface area (Å²) in [6, 6.07) is 6.65. The predicted molar refractivity (Wildman–Crippen MR) is 81.4 cm³/mol. The number of aliphatic carboxylic acids is 1. The number of amides is 2. The predicted octanol–water partition coefficient (Wildman–Crippen LogP) is 2.01. The topological polar surface area (TPSA) is 86.7 Å². The lowest BCUT2D eigenvalue weighted by atomic mass is 9.94. The van der Waals surface area contributed by atoms with Crippen molar-refractivity contribution >= 4 is 17.8 Å². The molecule has 142 valence electrons. The highest BCUT2D eigenvalue weighted by Gasteiger charge is 2.42. The minimum atomic E-state index is -5.08. The van der Waals surface area contributed by atoms with E-state index in [0.717, 1.165) is 4.90 Å². The number of carbonyl (C=O) groups excluding carboxylic acids is 2. The first-order valence-corrected chi connectivity index (χ1v) is 7.70. The fourth-order valence-electron chi connectivity index (χ4n) is 2.70. The van der Waals surface area contributed by atoms with Gasteiger partial charge in [-0.2, -0.15) is 13.2 Å². The van der Waals surface area contributed by atoms with Crippen molar-refractivity contribution in [3.8, 4) is 0 Å². The first-order chi connectivity index (χ1) is 12.1. The summed E-state index contributed by atoms with van der Waals surface area (Å²) in [6.45, 7) is 1.03. The highest BCUT2D eigenvalue weighted by atomic mass is 19.4. The summed E-state index contributed by atoms with van der Waals surface area (Å²) in [5.41, 5.74) is -0.700. The minimum absolute atomic E-state index is 0.138. The van der Waals surface area contributed by atoms with E-state index in [9.17, 15) is 27.2 Å². The molecule has 2 aliphatic heterocycles. The molecule has 0 aromatic heterocycles. The van der Waals surface area contributed by atoms with E-state index in [4.69, 9.17) is 9.90 Å². The van der Waals surface area contributed by atoms with Crippen LogP contribution >= 0.6 is 0 Å². The van der Waals surface area contributed by atoms with Crippen LogP contribution in [0.3, 0.4) is 0 Å². The average Bonchev–Trinajstić information content (AvgIpc) is 2.80. The lowest BCUT2D eigenvalue weighted by Gasteiger charge is -2.32. The van der Waals surface area contributed by atoms with Crippen molar-refractivity contribution in [2.45, 2.75) is 24.7 Å². The summed E-state index contributed by atoms with van der Waals surface area (Å²) < 4.78 is 46.3. The third-order valence-corrected chi connectivity index (χ3v) is 4.06. The quantitative estimate of drug-likeness (QED) is 0.609. The fraction of sp³-hybridized carbons (Fsp3) is 0.438. The van der Waals surface area contributed by atoms with Crippen LogP contribution in [0.25, 0.3) is 0 Å². The normalized spacial score (nSPS) is 18.8. The zero-order chi connectivity index (χ0) is 19.5. The van der Waals surface area contributed by atoms with Gasteiger partial charge in [0.15, 0.2) is 0 Å². The van der Waals surface area contributed by atoms with Gasteiger partial charge in [0.2, 0.25) is 0 Å². The van der Waals surface area contributed by atoms with Gasteiger partial charge < -0.3 is 10.4 Å². The monoisotopic (exact) mass is 376 g/mol. The number of halogens is 4. The Labute approximate surface area is 145 Å². The number of piperidine rings is 1. The molecule has 10 heteroatoms. The number of nitrogens with zero attached hydrogens (tertiary/aromatic N) is 1. The van der Waals surface area contributed by atoms with E-state index in [1.54, 1.807) is 24.3 Å². The number of alkyl halides is 4. The van der Waals surface area contributed by atoms with Crippen LogP contribution in [0.4, 0.5) is 17.6 Å². The Morgan fingerprint density at radius 2 is 1.54 bits per heavy atom. The molecule has 2 aliphatic rings. The lowest BCUT2D eigenvalue weighted by Crippen LogP contribution is -2.48. The second-order valence-electron chi connectivity index (χ2n) is 5.95. The summed E-state index contributed by atoms with van der Waals surface area (Å²) in [6.07, 6.45) is -4.42. The number of nitrogens with one attached hydrogen (secondary N) is 1. The molecule has 6 nitrogen and oxygen atoms in total. The standard InChI is InChI=1S/C14H15FN2O2.C2HF3O2/c15-14(5-7-16-8-6-14)9-17-12(18)10-3-1-2-4-11(10)13(17)19;3-2(4,5)1(6)7/h1-4,16H,5-9H2;(H,6,7). The Bertz CT molecular complexity index is 679. The molecule has 1 fully saturated rings. The Balaban J connectivity index is 0.000000298. The van der Waals surface area contributed by atoms with E-state index in [1.807, 2.05) is 0 Å². The van der Waals surface area contributed by atoms with E-state index in [1.165, 1.54) is 0 Å². The van der Waals surface area contributed by atoms with Crippen LogP contribution in [-0.4, -0.2) is 59.3 Å². The van der Waals surface area contributed by atoms with Crippen LogP contribution in [0.1, 0.15) is 33.6 Å². The summed E-state index contributed by atoms with van der Waals surface area (Å²) in [7, 11) is 0. The van der Waals surface area contributed by atoms with Crippen LogP contribution in [0.2, 0.25) is 0 Å². The molecule has 0 saturated carbocycles. The maximum Gasteiger partial charge on any atom is 0.490 e. The van der Waals surface area contributed by atoms with Crippen LogP contribution < -0.4 is 5.32 Å². The molecule has 0 bridgehead atoms. The number of carboxylic acids is 1. The maximum absolute atomic E-state index is 14.6. The molecule has 0 aliphatic carbocycles. The van der Waals surface area contributed by atoms with Gasteiger partial charge in [0, 0.05) is 0 Å². The molecular weight excluding hydrogens is 360 g/mol. The maximum atomic E-state index is 14.6. The van der Waals surface area contributed by atoms with Crippen molar-refractivity contribution in [2.24, 2.45) is 0 Å². The number of rotatable bonds is 2. The Morgan fingerprint density at radius 1 is 1.12 bits per heavy atom. The SMILES string of the molecule is O=C(O)C(F)(F)F.O=C1c2ccccc2C(=O)N1CC1(F)CCNCC1. The number of hydrogen-bond acceptors (Lipinski definition) is 4. The molecule has 0 atom stereocenters. The van der Waals surface area contributed by atoms with Gasteiger partial charge >= 0.3 is 12.1 Å². The van der Waals surface area contributed by atoms with E-state index >= 15 is 0 Å². The zero-order valence-corrected chi connectivity index (χ0v) is 13.5. The van der Waals surface area contributed by atoms with Crippen LogP contribution in [0.5, 0.6) is 0 Å². The molecule has 1 aromatic carbocycles. The third kappa shape index (κ3) is 4.37. The molecule has 0 spiro atoms. The molecule has 3 rings (SSSR count). The zero-order valence-electron chi connectivity index (χ0n) is 13.5. The van der Waals surface area contributed by atoms with Gasteiger partial charge in [0.25, 0.3) is 11.8 Å². The minimum Gasteiger partial charge on any atom is -0.475 e. The Hall–Kier alpha value is -2.49. The molecular formula is C16H16F4N2O4. The van der Waals surface area contributed by atoms with Crippen LogP contribution in [0.15, 0.2) is 24.3 Å². The number of imide groups is 1. The van der Waals surface area contributed by atoms with Crippen molar-refractivity contribution in [1.82, 2.24) is 10.2 Å². The number of benzene rings is 1. The summed E-state index contributed by atoms with van der Waals surface area (Å²) in [5, 5.41) is 10.2. The molecule has 2 amide bonds. The van der Waals surface area contributed by atoms with E-state index in [-0.39, 0.29) is 18.4 Å². The Kier molecular flexibility index (Phi) is 5.65. The van der Waals surface area contributed by atoms with Gasteiger partial charge in [0.1, 0.15) is 5.67 Å². The van der Waals surface area contributed by atoms with Gasteiger partial charge in [-0.3, -0.25) is 14.5 Å². The first-order valence-electron chi connectivity index (χ1n) is 7.70. The van der Waals surface area contributed by atoms with Gasteiger partial charge in [0.05, 0.1) is 17.7 Å². The van der Waals surface area contributed by atoms with E-state index in [0.29, 0.717) is 37.1 Å². The number of fused-ring (bicyclic) bond motifs is 1. The second-order valence-corrected chi connectivity index (χ2v) is 5.95. The fourth-order valence-corrected chi connectivity index (χ4v) is 2.70. The smallest absolute Gasteiger partial charge is 0.475 e. The molecule has 26 heavy (non-hydrogen) atoms. The molecule has 0 radical (unpaired) electrons. The average molecular weight is 376 g/mol. The lowest BCUT2D eigenvalue weighted by molar-refractivity contribution is -0.192. The van der Waals surface area contributed by atoms with Gasteiger partial charge in [-0.15, -0.1) is 0 Å². The Morgan fingerprint density at radius 3 is 1.92 bits per heavy atom. The van der Waals surface area contributed by atoms with E-state index in [2.05, 4.69) is 5.32 Å². The van der Waals surface area contributed by atoms with Crippen molar-refractivity contribution in [1.29, 1.82) is 0 Å². The molecule has 0 unspecified atom stereocenters. The number of carbonyl (C=O) groups is 3. The number of carboxylic acid groups (broad SMARTS) is 1. The molecule has 2 heterocycles. The molecule has 2 N–H and O–H groups in total. The highest BCUT2D eigenvalue weighted by Crippen LogP contribution is 2.29.